The standard InChI is InChI=1S/C54H72N4O8/c1-33(2)37-16-22-54(24-23-52(6)39(45(37)54)13-15-43-51(5)20-18-44(59)50(3,4)42(51)17-21-53(43,52)7)49(65)56-25-19-34-10-8-11-36(28-34)46(60)57-30-35-12-14-41(38(29-35)47(61)62)66-27-9-26-58-32-55-31-40(58)48(63)64/h8,10-12,14,28-29,31-32,37,39,42-45,59H,1,9,13,15-27,30H2,2-7H3,(H,56,65)(H,57,60)(H,61,62)(H,63,64)/t37-,39?,42?,43?,44-,45?,51-,52+,53+,54-/m0/s1. The number of carboxylic acids is 2. The maximum atomic E-state index is 14.8. The molecule has 5 fully saturated rings. The van der Waals surface area contributed by atoms with Crippen LogP contribution >= 0.6 is 0 Å². The molecule has 5 aliphatic carbocycles. The molecule has 0 bridgehead atoms. The lowest BCUT2D eigenvalue weighted by Gasteiger charge is -2.72. The second-order valence-corrected chi connectivity index (χ2v) is 22.2. The lowest BCUT2D eigenvalue weighted by molar-refractivity contribution is -0.246. The summed E-state index contributed by atoms with van der Waals surface area (Å²) in [6, 6.07) is 12.2. The molecule has 0 radical (unpaired) electrons. The number of imidazole rings is 1. The molecule has 5 N–H and O–H groups in total. The molecule has 5 saturated carbocycles. The number of allylic oxidation sites excluding steroid dienone is 1. The summed E-state index contributed by atoms with van der Waals surface area (Å²) >= 11 is 0. The lowest BCUT2D eigenvalue weighted by atomic mass is 9.32. The SMILES string of the molecule is C=C(C)[C@@H]1CC[C@]2(C(=O)NCCc3cccc(C(=O)NCc4ccc(OCCCn5cncc5C(=O)O)c(C(=O)O)c4)c3)CC[C@]3(C)C(CCC4[C@@]5(C)CC[C@H](O)C(C)(C)C5CC[C@]43C)C12. The highest BCUT2D eigenvalue weighted by Crippen LogP contribution is 2.77. The molecule has 1 heterocycles. The van der Waals surface area contributed by atoms with E-state index in [-0.39, 0.29) is 75.7 Å². The number of amides is 2. The number of hydrogen-bond acceptors (Lipinski definition) is 7. The van der Waals surface area contributed by atoms with Gasteiger partial charge >= 0.3 is 11.9 Å². The maximum Gasteiger partial charge on any atom is 0.354 e. The number of nitrogens with one attached hydrogen (secondary N) is 2. The van der Waals surface area contributed by atoms with Crippen LogP contribution in [0.2, 0.25) is 0 Å². The number of aromatic nitrogens is 2. The van der Waals surface area contributed by atoms with Gasteiger partial charge in [-0.2, -0.15) is 0 Å². The van der Waals surface area contributed by atoms with E-state index in [0.717, 1.165) is 56.9 Å². The average Bonchev–Trinajstić information content (AvgIpc) is 3.93. The quantitative estimate of drug-likeness (QED) is 0.0734. The van der Waals surface area contributed by atoms with E-state index in [1.807, 2.05) is 18.2 Å². The van der Waals surface area contributed by atoms with Crippen LogP contribution in [0.1, 0.15) is 155 Å². The van der Waals surface area contributed by atoms with Gasteiger partial charge in [0.2, 0.25) is 5.91 Å². The summed E-state index contributed by atoms with van der Waals surface area (Å²) in [4.78, 5) is 55.5. The fourth-order valence-corrected chi connectivity index (χ4v) is 15.2. The number of fused-ring (bicyclic) bond motifs is 7. The Morgan fingerprint density at radius 2 is 1.64 bits per heavy atom. The van der Waals surface area contributed by atoms with Gasteiger partial charge in [-0.1, -0.05) is 65.0 Å². The third kappa shape index (κ3) is 8.06. The van der Waals surface area contributed by atoms with Crippen LogP contribution in [0.15, 0.2) is 67.1 Å². The van der Waals surface area contributed by atoms with E-state index in [0.29, 0.717) is 60.7 Å². The molecule has 10 atom stereocenters. The van der Waals surface area contributed by atoms with Gasteiger partial charge in [0.05, 0.1) is 30.7 Å². The second-order valence-electron chi connectivity index (χ2n) is 22.2. The smallest absolute Gasteiger partial charge is 0.354 e. The summed E-state index contributed by atoms with van der Waals surface area (Å²) in [5.41, 5.74) is 3.24. The highest BCUT2D eigenvalue weighted by atomic mass is 16.5. The number of ether oxygens (including phenoxy) is 1. The molecule has 12 nitrogen and oxygen atoms in total. The van der Waals surface area contributed by atoms with Gasteiger partial charge < -0.3 is 35.3 Å². The summed E-state index contributed by atoms with van der Waals surface area (Å²) in [5.74, 6) is -0.0208. The molecule has 2 amide bonds. The fraction of sp³-hybridized carbons (Fsp3) is 0.611. The van der Waals surface area contributed by atoms with Gasteiger partial charge in [0.15, 0.2) is 0 Å². The molecule has 3 aromatic rings. The predicted molar refractivity (Wildman–Crippen MR) is 252 cm³/mol. The van der Waals surface area contributed by atoms with Crippen molar-refractivity contribution in [1.82, 2.24) is 20.2 Å². The van der Waals surface area contributed by atoms with Crippen LogP contribution in [0, 0.1) is 56.7 Å². The van der Waals surface area contributed by atoms with Gasteiger partial charge in [0.25, 0.3) is 5.91 Å². The van der Waals surface area contributed by atoms with Crippen LogP contribution in [0.5, 0.6) is 5.75 Å². The Balaban J connectivity index is 0.881. The summed E-state index contributed by atoms with van der Waals surface area (Å²) in [6.45, 7) is 20.2. The van der Waals surface area contributed by atoms with Crippen molar-refractivity contribution in [2.45, 2.75) is 138 Å². The summed E-state index contributed by atoms with van der Waals surface area (Å²) in [7, 11) is 0. The number of nitrogens with zero attached hydrogens (tertiary/aromatic N) is 2. The number of carbonyl (C=O) groups is 4. The van der Waals surface area contributed by atoms with E-state index in [4.69, 9.17) is 4.74 Å². The van der Waals surface area contributed by atoms with Gasteiger partial charge in [0, 0.05) is 25.2 Å². The zero-order valence-electron chi connectivity index (χ0n) is 40.0. The van der Waals surface area contributed by atoms with Gasteiger partial charge in [-0.25, -0.2) is 14.6 Å². The molecule has 0 saturated heterocycles. The van der Waals surface area contributed by atoms with Crippen LogP contribution in [0.4, 0.5) is 0 Å². The molecule has 8 rings (SSSR count). The first-order chi connectivity index (χ1) is 31.3. The molecule has 0 aliphatic heterocycles. The molecule has 1 aromatic heterocycles. The van der Waals surface area contributed by atoms with Crippen LogP contribution in [0.25, 0.3) is 0 Å². The molecule has 2 aromatic carbocycles. The molecular weight excluding hydrogens is 833 g/mol. The molecule has 12 heteroatoms. The first kappa shape index (κ1) is 47.5. The number of aliphatic hydroxyl groups excluding tert-OH is 1. The molecular formula is C54H72N4O8. The first-order valence-electron chi connectivity index (χ1n) is 24.5. The topological polar surface area (TPSA) is 180 Å². The summed E-state index contributed by atoms with van der Waals surface area (Å²) < 4.78 is 7.26. The van der Waals surface area contributed by atoms with E-state index in [2.05, 4.69) is 63.7 Å². The van der Waals surface area contributed by atoms with Crippen LogP contribution in [-0.2, 0) is 24.3 Å². The monoisotopic (exact) mass is 905 g/mol. The van der Waals surface area contributed by atoms with Crippen molar-refractivity contribution in [3.8, 4) is 5.75 Å². The minimum atomic E-state index is -1.17. The van der Waals surface area contributed by atoms with E-state index in [1.54, 1.807) is 18.2 Å². The number of benzene rings is 2. The maximum absolute atomic E-state index is 14.8. The molecule has 5 aliphatic rings. The third-order valence-corrected chi connectivity index (χ3v) is 18.8. The molecule has 4 unspecified atom stereocenters. The van der Waals surface area contributed by atoms with Crippen LogP contribution < -0.4 is 15.4 Å². The molecule has 356 valence electrons. The highest BCUT2D eigenvalue weighted by Gasteiger charge is 2.71. The van der Waals surface area contributed by atoms with Crippen molar-refractivity contribution in [1.29, 1.82) is 0 Å². The van der Waals surface area contributed by atoms with Crippen molar-refractivity contribution in [2.75, 3.05) is 13.2 Å². The Bertz CT molecular complexity index is 2370. The molecule has 0 spiro atoms. The second kappa shape index (κ2) is 17.9. The van der Waals surface area contributed by atoms with E-state index in [1.165, 1.54) is 41.6 Å². The van der Waals surface area contributed by atoms with E-state index >= 15 is 0 Å². The Kier molecular flexibility index (Phi) is 12.9. The van der Waals surface area contributed by atoms with Crippen molar-refractivity contribution < 1.29 is 39.2 Å². The van der Waals surface area contributed by atoms with Crippen molar-refractivity contribution in [3.63, 3.8) is 0 Å². The normalized spacial score (nSPS) is 33.0. The van der Waals surface area contributed by atoms with Crippen molar-refractivity contribution in [2.24, 2.45) is 56.7 Å². The van der Waals surface area contributed by atoms with E-state index < -0.39 is 17.4 Å². The summed E-state index contributed by atoms with van der Waals surface area (Å²) in [5, 5.41) is 36.7. The van der Waals surface area contributed by atoms with Gasteiger partial charge in [0.1, 0.15) is 17.0 Å². The van der Waals surface area contributed by atoms with Crippen LogP contribution in [0.3, 0.4) is 0 Å². The van der Waals surface area contributed by atoms with Crippen molar-refractivity contribution in [3.05, 3.63) is 95.1 Å². The Morgan fingerprint density at radius 1 is 0.848 bits per heavy atom. The van der Waals surface area contributed by atoms with Crippen molar-refractivity contribution >= 4 is 23.8 Å². The average molecular weight is 905 g/mol. The summed E-state index contributed by atoms with van der Waals surface area (Å²) in [6.07, 6.45) is 14.0. The largest absolute Gasteiger partial charge is 0.493 e. The van der Waals surface area contributed by atoms with Crippen LogP contribution in [-0.4, -0.2) is 67.9 Å². The number of rotatable bonds is 15. The Morgan fingerprint density at radius 3 is 2.38 bits per heavy atom. The Labute approximate surface area is 390 Å². The third-order valence-electron chi connectivity index (χ3n) is 18.8. The minimum absolute atomic E-state index is 0.0374. The fourth-order valence-electron chi connectivity index (χ4n) is 15.2. The first-order valence-corrected chi connectivity index (χ1v) is 24.5. The molecule has 66 heavy (non-hydrogen) atoms. The number of hydrogen-bond donors (Lipinski definition) is 5. The lowest BCUT2D eigenvalue weighted by Crippen LogP contribution is -2.67. The zero-order chi connectivity index (χ0) is 47.4. The van der Waals surface area contributed by atoms with Gasteiger partial charge in [-0.05, 0) is 171 Å². The van der Waals surface area contributed by atoms with E-state index in [9.17, 15) is 34.5 Å². The number of carboxylic acid groups (broad SMARTS) is 2. The minimum Gasteiger partial charge on any atom is -0.493 e. The number of aryl methyl sites for hydroxylation is 1. The predicted octanol–water partition coefficient (Wildman–Crippen LogP) is 9.36. The zero-order valence-corrected chi connectivity index (χ0v) is 40.0. The number of carbonyl (C=O) groups excluding carboxylic acids is 2. The number of aliphatic hydroxyl groups is 1. The van der Waals surface area contributed by atoms with Gasteiger partial charge in [-0.15, -0.1) is 0 Å². The Hall–Kier alpha value is -4.97. The van der Waals surface area contributed by atoms with Gasteiger partial charge in [-0.3, -0.25) is 9.59 Å². The number of aromatic carboxylic acids is 2. The highest BCUT2D eigenvalue weighted by molar-refractivity contribution is 5.94.